The Balaban J connectivity index is 2.54. The van der Waals surface area contributed by atoms with Gasteiger partial charge >= 0.3 is 5.97 Å². The summed E-state index contributed by atoms with van der Waals surface area (Å²) >= 11 is 0. The number of ether oxygens (including phenoxy) is 1. The maximum Gasteiger partial charge on any atom is 0.376 e. The molecular formula is C14H23N3O2. The van der Waals surface area contributed by atoms with Gasteiger partial charge in [-0.1, -0.05) is 33.1 Å². The topological polar surface area (TPSA) is 64.1 Å². The van der Waals surface area contributed by atoms with E-state index in [0.717, 1.165) is 13.0 Å². The second-order valence-electron chi connectivity index (χ2n) is 4.55. The molecule has 1 atom stereocenters. The van der Waals surface area contributed by atoms with E-state index in [2.05, 4.69) is 33.9 Å². The van der Waals surface area contributed by atoms with Crippen molar-refractivity contribution in [1.29, 1.82) is 0 Å². The second-order valence-corrected chi connectivity index (χ2v) is 4.55. The predicted octanol–water partition coefficient (Wildman–Crippen LogP) is 2.89. The van der Waals surface area contributed by atoms with Gasteiger partial charge in [0, 0.05) is 12.7 Å². The van der Waals surface area contributed by atoms with Gasteiger partial charge in [-0.05, 0) is 18.4 Å². The quantitative estimate of drug-likeness (QED) is 0.732. The van der Waals surface area contributed by atoms with Gasteiger partial charge in [-0.25, -0.2) is 14.8 Å². The molecule has 5 nitrogen and oxygen atoms in total. The molecule has 0 amide bonds. The molecule has 1 N–H and O–H groups in total. The van der Waals surface area contributed by atoms with Gasteiger partial charge in [-0.2, -0.15) is 0 Å². The van der Waals surface area contributed by atoms with Gasteiger partial charge in [0.05, 0.1) is 7.11 Å². The van der Waals surface area contributed by atoms with Crippen molar-refractivity contribution in [2.24, 2.45) is 5.92 Å². The molecule has 5 heteroatoms. The van der Waals surface area contributed by atoms with Gasteiger partial charge in [-0.15, -0.1) is 0 Å². The number of carbonyl (C=O) groups excluding carboxylic acids is 1. The Morgan fingerprint density at radius 2 is 2.26 bits per heavy atom. The molecule has 0 saturated carbocycles. The third-order valence-corrected chi connectivity index (χ3v) is 3.14. The van der Waals surface area contributed by atoms with Crippen LogP contribution in [0.1, 0.15) is 50.1 Å². The number of unbranched alkanes of at least 4 members (excludes halogenated alkanes) is 1. The highest BCUT2D eigenvalue weighted by Crippen LogP contribution is 2.13. The lowest BCUT2D eigenvalue weighted by Gasteiger charge is -2.15. The third kappa shape index (κ3) is 5.24. The van der Waals surface area contributed by atoms with Crippen molar-refractivity contribution in [1.82, 2.24) is 9.97 Å². The minimum Gasteiger partial charge on any atom is -0.463 e. The van der Waals surface area contributed by atoms with Gasteiger partial charge in [0.15, 0.2) is 0 Å². The van der Waals surface area contributed by atoms with E-state index >= 15 is 0 Å². The highest BCUT2D eigenvalue weighted by molar-refractivity contribution is 5.85. The van der Waals surface area contributed by atoms with Gasteiger partial charge < -0.3 is 10.1 Å². The Hall–Kier alpha value is -1.65. The Morgan fingerprint density at radius 3 is 2.89 bits per heavy atom. The van der Waals surface area contributed by atoms with E-state index < -0.39 is 5.97 Å². The number of carbonyl (C=O) groups is 1. The summed E-state index contributed by atoms with van der Waals surface area (Å²) in [5.41, 5.74) is 0. The highest BCUT2D eigenvalue weighted by atomic mass is 16.5. The first-order valence-corrected chi connectivity index (χ1v) is 6.86. The van der Waals surface area contributed by atoms with Crippen LogP contribution in [-0.2, 0) is 4.74 Å². The van der Waals surface area contributed by atoms with Crippen molar-refractivity contribution in [3.05, 3.63) is 18.1 Å². The van der Waals surface area contributed by atoms with Gasteiger partial charge in [0.2, 0.25) is 5.82 Å². The molecule has 1 aromatic rings. The zero-order valence-electron chi connectivity index (χ0n) is 12.0. The second kappa shape index (κ2) is 8.45. The summed E-state index contributed by atoms with van der Waals surface area (Å²) in [5.74, 6) is 0.887. The van der Waals surface area contributed by atoms with E-state index in [0.29, 0.717) is 11.7 Å². The average Bonchev–Trinajstić information content (AvgIpc) is 2.47. The first kappa shape index (κ1) is 15.4. The van der Waals surface area contributed by atoms with Gasteiger partial charge in [-0.3, -0.25) is 0 Å². The van der Waals surface area contributed by atoms with Crippen LogP contribution in [0.4, 0.5) is 5.82 Å². The van der Waals surface area contributed by atoms with Crippen LogP contribution in [0.2, 0.25) is 0 Å². The van der Waals surface area contributed by atoms with Crippen LogP contribution in [0, 0.1) is 5.92 Å². The molecule has 0 spiro atoms. The number of nitrogens with zero attached hydrogens (tertiary/aromatic N) is 2. The molecule has 0 aromatic carbocycles. The smallest absolute Gasteiger partial charge is 0.376 e. The van der Waals surface area contributed by atoms with E-state index in [-0.39, 0.29) is 5.82 Å². The largest absolute Gasteiger partial charge is 0.463 e. The highest BCUT2D eigenvalue weighted by Gasteiger charge is 2.10. The van der Waals surface area contributed by atoms with Crippen LogP contribution in [0.3, 0.4) is 0 Å². The zero-order chi connectivity index (χ0) is 14.1. The third-order valence-electron chi connectivity index (χ3n) is 3.14. The van der Waals surface area contributed by atoms with Crippen LogP contribution in [0.25, 0.3) is 0 Å². The van der Waals surface area contributed by atoms with E-state index in [1.54, 1.807) is 12.3 Å². The summed E-state index contributed by atoms with van der Waals surface area (Å²) in [7, 11) is 1.32. The summed E-state index contributed by atoms with van der Waals surface area (Å²) in [6.07, 6.45) is 6.39. The summed E-state index contributed by atoms with van der Waals surface area (Å²) < 4.78 is 4.60. The predicted molar refractivity (Wildman–Crippen MR) is 75.2 cm³/mol. The molecule has 0 radical (unpaired) electrons. The van der Waals surface area contributed by atoms with Crippen molar-refractivity contribution < 1.29 is 9.53 Å². The minimum atomic E-state index is -0.512. The standard InChI is InChI=1S/C14H23N3O2/c1-4-6-7-11(5-2)10-16-12-8-9-15-13(17-12)14(18)19-3/h8-9,11H,4-7,10H2,1-3H3,(H,15,16,17). The zero-order valence-corrected chi connectivity index (χ0v) is 12.0. The fraction of sp³-hybridized carbons (Fsp3) is 0.643. The number of nitrogens with one attached hydrogen (secondary N) is 1. The number of methoxy groups -OCH3 is 1. The Labute approximate surface area is 114 Å². The number of rotatable bonds is 8. The first-order valence-electron chi connectivity index (χ1n) is 6.86. The number of anilines is 1. The number of hydrogen-bond donors (Lipinski definition) is 1. The van der Waals surface area contributed by atoms with Gasteiger partial charge in [0.25, 0.3) is 0 Å². The lowest BCUT2D eigenvalue weighted by Crippen LogP contribution is -2.16. The van der Waals surface area contributed by atoms with Crippen LogP contribution >= 0.6 is 0 Å². The van der Waals surface area contributed by atoms with Crippen molar-refractivity contribution >= 4 is 11.8 Å². The number of hydrogen-bond acceptors (Lipinski definition) is 5. The molecule has 1 rings (SSSR count). The fourth-order valence-electron chi connectivity index (χ4n) is 1.84. The van der Waals surface area contributed by atoms with Crippen LogP contribution < -0.4 is 5.32 Å². The molecule has 0 aliphatic heterocycles. The van der Waals surface area contributed by atoms with E-state index in [4.69, 9.17) is 0 Å². The number of esters is 1. The maximum absolute atomic E-state index is 11.3. The SMILES string of the molecule is CCCCC(CC)CNc1ccnc(C(=O)OC)n1. The van der Waals surface area contributed by atoms with Crippen LogP contribution in [-0.4, -0.2) is 29.6 Å². The molecule has 0 aliphatic carbocycles. The molecule has 1 unspecified atom stereocenters. The average molecular weight is 265 g/mol. The van der Waals surface area contributed by atoms with Crippen molar-refractivity contribution in [3.8, 4) is 0 Å². The lowest BCUT2D eigenvalue weighted by molar-refractivity contribution is 0.0587. The lowest BCUT2D eigenvalue weighted by atomic mass is 9.99. The summed E-state index contributed by atoms with van der Waals surface area (Å²) in [6, 6.07) is 1.76. The number of aromatic nitrogens is 2. The Morgan fingerprint density at radius 1 is 1.47 bits per heavy atom. The Kier molecular flexibility index (Phi) is 6.85. The summed E-state index contributed by atoms with van der Waals surface area (Å²) in [4.78, 5) is 19.3. The normalized spacial score (nSPS) is 11.9. The molecular weight excluding hydrogens is 242 g/mol. The molecule has 1 heterocycles. The molecule has 0 bridgehead atoms. The monoisotopic (exact) mass is 265 g/mol. The van der Waals surface area contributed by atoms with Crippen LogP contribution in [0.15, 0.2) is 12.3 Å². The van der Waals surface area contributed by atoms with Gasteiger partial charge in [0.1, 0.15) is 5.82 Å². The van der Waals surface area contributed by atoms with Crippen molar-refractivity contribution in [3.63, 3.8) is 0 Å². The minimum absolute atomic E-state index is 0.0918. The van der Waals surface area contributed by atoms with Crippen molar-refractivity contribution in [2.45, 2.75) is 39.5 Å². The molecule has 0 saturated heterocycles. The fourth-order valence-corrected chi connectivity index (χ4v) is 1.84. The summed E-state index contributed by atoms with van der Waals surface area (Å²) in [6.45, 7) is 5.27. The van der Waals surface area contributed by atoms with E-state index in [1.165, 1.54) is 26.4 Å². The van der Waals surface area contributed by atoms with Crippen molar-refractivity contribution in [2.75, 3.05) is 19.0 Å². The first-order chi connectivity index (χ1) is 9.21. The molecule has 1 aromatic heterocycles. The molecule has 106 valence electrons. The summed E-state index contributed by atoms with van der Waals surface area (Å²) in [5, 5.41) is 3.27. The van der Waals surface area contributed by atoms with E-state index in [9.17, 15) is 4.79 Å². The van der Waals surface area contributed by atoms with Crippen LogP contribution in [0.5, 0.6) is 0 Å². The molecule has 0 aliphatic rings. The maximum atomic E-state index is 11.3. The Bertz CT molecular complexity index is 396. The molecule has 0 fully saturated rings. The molecule has 19 heavy (non-hydrogen) atoms. The van der Waals surface area contributed by atoms with E-state index in [1.807, 2.05) is 0 Å².